The van der Waals surface area contributed by atoms with Crippen molar-refractivity contribution in [2.45, 2.75) is 0 Å². The summed E-state index contributed by atoms with van der Waals surface area (Å²) in [4.78, 5) is 23.3. The first-order valence-corrected chi connectivity index (χ1v) is 8.72. The number of para-hydroxylation sites is 1. The number of nitrogens with zero attached hydrogens (tertiary/aromatic N) is 3. The van der Waals surface area contributed by atoms with Crippen LogP contribution >= 0.6 is 0 Å². The Morgan fingerprint density at radius 3 is 2.26 bits per heavy atom. The van der Waals surface area contributed by atoms with Crippen molar-refractivity contribution < 1.29 is 8.78 Å². The Morgan fingerprint density at radius 2 is 1.56 bits per heavy atom. The first-order chi connectivity index (χ1) is 13.1. The van der Waals surface area contributed by atoms with E-state index in [-0.39, 0.29) is 17.2 Å². The van der Waals surface area contributed by atoms with Crippen LogP contribution in [0.3, 0.4) is 0 Å². The average Bonchev–Trinajstić information content (AvgIpc) is 2.69. The number of halogens is 2. The SMILES string of the molecule is O=c1cc(-c2ccc(F)cc2)nc(N2CCN(c3ccccc3F)CC2)[nH]1. The molecular weight excluding hydrogens is 350 g/mol. The highest BCUT2D eigenvalue weighted by Gasteiger charge is 2.21. The van der Waals surface area contributed by atoms with Gasteiger partial charge in [-0.25, -0.2) is 13.8 Å². The standard InChI is InChI=1S/C20H18F2N4O/c21-15-7-5-14(6-8-15)17-13-19(27)24-20(23-17)26-11-9-25(10-12-26)18-4-2-1-3-16(18)22/h1-8,13H,9-12H2,(H,23,24,27). The second-order valence-electron chi connectivity index (χ2n) is 6.39. The van der Waals surface area contributed by atoms with E-state index >= 15 is 0 Å². The third-order valence-electron chi connectivity index (χ3n) is 4.64. The average molecular weight is 368 g/mol. The molecule has 0 bridgehead atoms. The van der Waals surface area contributed by atoms with Crippen molar-refractivity contribution in [2.75, 3.05) is 36.0 Å². The molecule has 4 rings (SSSR count). The highest BCUT2D eigenvalue weighted by Crippen LogP contribution is 2.22. The quantitative estimate of drug-likeness (QED) is 0.772. The van der Waals surface area contributed by atoms with E-state index in [0.29, 0.717) is 49.1 Å². The predicted octanol–water partition coefficient (Wildman–Crippen LogP) is 3.04. The Morgan fingerprint density at radius 1 is 0.889 bits per heavy atom. The molecule has 0 spiro atoms. The molecule has 0 radical (unpaired) electrons. The minimum Gasteiger partial charge on any atom is -0.366 e. The molecule has 1 aromatic heterocycles. The van der Waals surface area contributed by atoms with Gasteiger partial charge in [0.15, 0.2) is 0 Å². The lowest BCUT2D eigenvalue weighted by molar-refractivity contribution is 0.594. The zero-order valence-corrected chi connectivity index (χ0v) is 14.5. The summed E-state index contributed by atoms with van der Waals surface area (Å²) in [5.41, 5.74) is 1.48. The van der Waals surface area contributed by atoms with Crippen LogP contribution < -0.4 is 15.4 Å². The first-order valence-electron chi connectivity index (χ1n) is 8.72. The van der Waals surface area contributed by atoms with E-state index in [9.17, 15) is 13.6 Å². The lowest BCUT2D eigenvalue weighted by Gasteiger charge is -2.36. The molecule has 1 aliphatic rings. The second-order valence-corrected chi connectivity index (χ2v) is 6.39. The molecule has 0 aliphatic carbocycles. The van der Waals surface area contributed by atoms with E-state index in [1.807, 2.05) is 15.9 Å². The van der Waals surface area contributed by atoms with E-state index in [0.717, 1.165) is 0 Å². The zero-order valence-electron chi connectivity index (χ0n) is 14.5. The minimum absolute atomic E-state index is 0.240. The van der Waals surface area contributed by atoms with Crippen molar-refractivity contribution in [3.05, 3.63) is 76.6 Å². The maximum Gasteiger partial charge on any atom is 0.252 e. The van der Waals surface area contributed by atoms with Gasteiger partial charge in [-0.2, -0.15) is 0 Å². The largest absolute Gasteiger partial charge is 0.366 e. The minimum atomic E-state index is -0.340. The van der Waals surface area contributed by atoms with Crippen molar-refractivity contribution in [1.82, 2.24) is 9.97 Å². The third kappa shape index (κ3) is 3.67. The van der Waals surface area contributed by atoms with Crippen LogP contribution in [0.1, 0.15) is 0 Å². The smallest absolute Gasteiger partial charge is 0.252 e. The molecule has 1 saturated heterocycles. The number of anilines is 2. The van der Waals surface area contributed by atoms with Crippen LogP contribution in [-0.4, -0.2) is 36.1 Å². The van der Waals surface area contributed by atoms with Gasteiger partial charge in [-0.1, -0.05) is 12.1 Å². The number of aromatic nitrogens is 2. The van der Waals surface area contributed by atoms with Crippen LogP contribution in [0.25, 0.3) is 11.3 Å². The summed E-state index contributed by atoms with van der Waals surface area (Å²) in [6.07, 6.45) is 0. The Bertz CT molecular complexity index is 995. The Labute approximate surface area is 154 Å². The van der Waals surface area contributed by atoms with Crippen molar-refractivity contribution >= 4 is 11.6 Å². The molecule has 0 unspecified atom stereocenters. The third-order valence-corrected chi connectivity index (χ3v) is 4.64. The molecular formula is C20H18F2N4O. The van der Waals surface area contributed by atoms with Crippen molar-refractivity contribution in [1.29, 1.82) is 0 Å². The number of hydrogen-bond donors (Lipinski definition) is 1. The molecule has 138 valence electrons. The Balaban J connectivity index is 1.54. The first kappa shape index (κ1) is 17.2. The zero-order chi connectivity index (χ0) is 18.8. The van der Waals surface area contributed by atoms with Crippen molar-refractivity contribution in [2.24, 2.45) is 0 Å². The van der Waals surface area contributed by atoms with Crippen LogP contribution in [-0.2, 0) is 0 Å². The van der Waals surface area contributed by atoms with Crippen LogP contribution in [0, 0.1) is 11.6 Å². The van der Waals surface area contributed by atoms with E-state index in [1.54, 1.807) is 24.3 Å². The topological polar surface area (TPSA) is 52.2 Å². The highest BCUT2D eigenvalue weighted by atomic mass is 19.1. The molecule has 5 nitrogen and oxygen atoms in total. The van der Waals surface area contributed by atoms with Gasteiger partial charge >= 0.3 is 0 Å². The summed E-state index contributed by atoms with van der Waals surface area (Å²) in [5.74, 6) is -0.112. The highest BCUT2D eigenvalue weighted by molar-refractivity contribution is 5.60. The normalized spacial score (nSPS) is 14.4. The van der Waals surface area contributed by atoms with Gasteiger partial charge in [0.05, 0.1) is 11.4 Å². The summed E-state index contributed by atoms with van der Waals surface area (Å²) in [5, 5.41) is 0. The number of aromatic amines is 1. The number of benzene rings is 2. The Hall–Kier alpha value is -3.22. The molecule has 0 atom stereocenters. The fourth-order valence-electron chi connectivity index (χ4n) is 3.23. The second kappa shape index (κ2) is 7.19. The summed E-state index contributed by atoms with van der Waals surface area (Å²) in [7, 11) is 0. The van der Waals surface area contributed by atoms with Gasteiger partial charge in [-0.3, -0.25) is 9.78 Å². The number of piperazine rings is 1. The molecule has 3 aromatic rings. The summed E-state index contributed by atoms with van der Waals surface area (Å²) in [6, 6.07) is 14.0. The fourth-order valence-corrected chi connectivity index (χ4v) is 3.23. The van der Waals surface area contributed by atoms with Crippen molar-refractivity contribution in [3.8, 4) is 11.3 Å². The number of H-pyrrole nitrogens is 1. The van der Waals surface area contributed by atoms with E-state index in [4.69, 9.17) is 0 Å². The van der Waals surface area contributed by atoms with Gasteiger partial charge in [-0.05, 0) is 36.4 Å². The molecule has 0 amide bonds. The molecule has 1 N–H and O–H groups in total. The summed E-state index contributed by atoms with van der Waals surface area (Å²) < 4.78 is 27.1. The maximum absolute atomic E-state index is 14.0. The molecule has 2 heterocycles. The van der Waals surface area contributed by atoms with Crippen molar-refractivity contribution in [3.63, 3.8) is 0 Å². The van der Waals surface area contributed by atoms with E-state index in [1.165, 1.54) is 24.3 Å². The van der Waals surface area contributed by atoms with Crippen LogP contribution in [0.4, 0.5) is 20.4 Å². The van der Waals surface area contributed by atoms with Gasteiger partial charge < -0.3 is 9.80 Å². The predicted molar refractivity (Wildman–Crippen MR) is 101 cm³/mol. The van der Waals surface area contributed by atoms with Gasteiger partial charge in [0.2, 0.25) is 5.95 Å². The van der Waals surface area contributed by atoms with Crippen LogP contribution in [0.15, 0.2) is 59.4 Å². The monoisotopic (exact) mass is 368 g/mol. The number of hydrogen-bond acceptors (Lipinski definition) is 4. The molecule has 0 saturated carbocycles. The fraction of sp³-hybridized carbons (Fsp3) is 0.200. The van der Waals surface area contributed by atoms with E-state index < -0.39 is 0 Å². The maximum atomic E-state index is 14.0. The molecule has 1 aliphatic heterocycles. The van der Waals surface area contributed by atoms with E-state index in [2.05, 4.69) is 9.97 Å². The summed E-state index contributed by atoms with van der Waals surface area (Å²) >= 11 is 0. The van der Waals surface area contributed by atoms with Gasteiger partial charge in [0, 0.05) is 37.8 Å². The lowest BCUT2D eigenvalue weighted by Crippen LogP contribution is -2.47. The Kier molecular flexibility index (Phi) is 4.58. The number of nitrogens with one attached hydrogen (secondary N) is 1. The van der Waals surface area contributed by atoms with Gasteiger partial charge in [0.1, 0.15) is 11.6 Å². The van der Waals surface area contributed by atoms with Gasteiger partial charge in [0.25, 0.3) is 5.56 Å². The molecule has 1 fully saturated rings. The molecule has 2 aromatic carbocycles. The summed E-state index contributed by atoms with van der Waals surface area (Å²) in [6.45, 7) is 2.44. The van der Waals surface area contributed by atoms with Gasteiger partial charge in [-0.15, -0.1) is 0 Å². The molecule has 7 heteroatoms. The molecule has 27 heavy (non-hydrogen) atoms. The van der Waals surface area contributed by atoms with Crippen LogP contribution in [0.2, 0.25) is 0 Å². The number of rotatable bonds is 3. The van der Waals surface area contributed by atoms with Crippen LogP contribution in [0.5, 0.6) is 0 Å². The lowest BCUT2D eigenvalue weighted by atomic mass is 10.1.